The van der Waals surface area contributed by atoms with Gasteiger partial charge in [-0.25, -0.2) is 9.97 Å². The van der Waals surface area contributed by atoms with Crippen LogP contribution in [0.4, 0.5) is 17.5 Å². The van der Waals surface area contributed by atoms with Gasteiger partial charge in [0.15, 0.2) is 0 Å². The highest BCUT2D eigenvalue weighted by Crippen LogP contribution is 2.32. The molecule has 4 aromatic rings. The average molecular weight is 466 g/mol. The topological polar surface area (TPSA) is 109 Å². The Labute approximate surface area is 202 Å². The van der Waals surface area contributed by atoms with Gasteiger partial charge in [-0.05, 0) is 37.1 Å². The molecule has 1 aliphatic heterocycles. The molecule has 1 aliphatic rings. The summed E-state index contributed by atoms with van der Waals surface area (Å²) >= 11 is 0. The fraction of sp³-hybridized carbons (Fsp3) is 0.154. The number of benzene rings is 2. The van der Waals surface area contributed by atoms with Crippen molar-refractivity contribution in [2.24, 2.45) is 0 Å². The number of aromatic nitrogens is 3. The summed E-state index contributed by atoms with van der Waals surface area (Å²) in [5.74, 6) is 5.89. The normalized spacial score (nSPS) is 12.9. The van der Waals surface area contributed by atoms with E-state index in [-0.39, 0.29) is 11.8 Å². The summed E-state index contributed by atoms with van der Waals surface area (Å²) in [6.45, 7) is 3.23. The molecule has 174 valence electrons. The van der Waals surface area contributed by atoms with Crippen molar-refractivity contribution in [3.05, 3.63) is 72.6 Å². The molecule has 1 fully saturated rings. The molecule has 0 atom stereocenters. The number of carbonyl (C=O) groups is 2. The van der Waals surface area contributed by atoms with Crippen LogP contribution in [-0.2, 0) is 4.79 Å². The zero-order valence-corrected chi connectivity index (χ0v) is 19.1. The van der Waals surface area contributed by atoms with Crippen molar-refractivity contribution >= 4 is 34.8 Å². The Kier molecular flexibility index (Phi) is 5.77. The van der Waals surface area contributed by atoms with Crippen molar-refractivity contribution in [3.8, 4) is 23.1 Å². The first-order valence-corrected chi connectivity index (χ1v) is 11.1. The van der Waals surface area contributed by atoms with Gasteiger partial charge in [-0.3, -0.25) is 14.0 Å². The van der Waals surface area contributed by atoms with Crippen LogP contribution < -0.4 is 16.0 Å². The third-order valence-corrected chi connectivity index (χ3v) is 5.80. The minimum absolute atomic E-state index is 0.178. The Morgan fingerprint density at radius 1 is 1.06 bits per heavy atom. The van der Waals surface area contributed by atoms with Gasteiger partial charge in [0.1, 0.15) is 17.0 Å². The molecule has 35 heavy (non-hydrogen) atoms. The number of nitrogens with one attached hydrogen (secondary N) is 1. The maximum absolute atomic E-state index is 12.5. The number of imidazole rings is 1. The number of fused-ring (bicyclic) bond motifs is 1. The predicted octanol–water partition coefficient (Wildman–Crippen LogP) is 2.86. The molecule has 0 aliphatic carbocycles. The highest BCUT2D eigenvalue weighted by Gasteiger charge is 2.28. The lowest BCUT2D eigenvalue weighted by Crippen LogP contribution is -2.30. The molecule has 0 radical (unpaired) electrons. The van der Waals surface area contributed by atoms with E-state index in [9.17, 15) is 9.59 Å². The first kappa shape index (κ1) is 22.0. The van der Waals surface area contributed by atoms with E-state index in [1.165, 1.54) is 0 Å². The largest absolute Gasteiger partial charge is 0.382 e. The molecule has 1 saturated heterocycles. The smallest absolute Gasteiger partial charge is 0.299 e. The van der Waals surface area contributed by atoms with Gasteiger partial charge in [-0.1, -0.05) is 36.3 Å². The summed E-state index contributed by atoms with van der Waals surface area (Å²) in [5, 5.41) is 2.90. The van der Waals surface area contributed by atoms with E-state index in [0.717, 1.165) is 5.56 Å². The van der Waals surface area contributed by atoms with E-state index >= 15 is 0 Å². The Hall–Kier alpha value is -4.84. The summed E-state index contributed by atoms with van der Waals surface area (Å²) in [6, 6.07) is 16.5. The van der Waals surface area contributed by atoms with Gasteiger partial charge in [0.2, 0.25) is 5.95 Å². The van der Waals surface area contributed by atoms with Gasteiger partial charge in [0.05, 0.1) is 6.67 Å². The third kappa shape index (κ3) is 4.25. The number of rotatable bonds is 4. The Balaban J connectivity index is 1.44. The molecule has 9 heteroatoms. The van der Waals surface area contributed by atoms with E-state index in [1.54, 1.807) is 30.2 Å². The van der Waals surface area contributed by atoms with Crippen molar-refractivity contribution < 1.29 is 9.59 Å². The van der Waals surface area contributed by atoms with Crippen LogP contribution in [0.1, 0.15) is 17.3 Å². The van der Waals surface area contributed by atoms with Crippen LogP contribution in [0.5, 0.6) is 0 Å². The number of carbonyl (C=O) groups excluding carboxylic acids is 2. The molecular weight excluding hydrogens is 442 g/mol. The second kappa shape index (κ2) is 9.19. The quantitative estimate of drug-likeness (QED) is 0.449. The summed E-state index contributed by atoms with van der Waals surface area (Å²) in [7, 11) is 0. The molecule has 0 saturated carbocycles. The SMILES string of the molecule is CC#CC(=O)N1CCN(c2nc(-c3ccc(NC(=O)c4ccccc4)cc3)c3c(N)nccn23)C1. The van der Waals surface area contributed by atoms with E-state index in [4.69, 9.17) is 10.7 Å². The lowest BCUT2D eigenvalue weighted by atomic mass is 10.1. The zero-order valence-electron chi connectivity index (χ0n) is 19.1. The van der Waals surface area contributed by atoms with Crippen LogP contribution in [0.2, 0.25) is 0 Å². The number of nitrogens with zero attached hydrogens (tertiary/aromatic N) is 5. The highest BCUT2D eigenvalue weighted by molar-refractivity contribution is 6.04. The van der Waals surface area contributed by atoms with Crippen LogP contribution in [-0.4, -0.2) is 50.8 Å². The van der Waals surface area contributed by atoms with Crippen LogP contribution in [0.15, 0.2) is 67.0 Å². The molecule has 3 N–H and O–H groups in total. The van der Waals surface area contributed by atoms with E-state index in [0.29, 0.717) is 54.0 Å². The Morgan fingerprint density at radius 3 is 2.57 bits per heavy atom. The van der Waals surface area contributed by atoms with E-state index in [2.05, 4.69) is 22.1 Å². The molecule has 0 unspecified atom stereocenters. The van der Waals surface area contributed by atoms with E-state index < -0.39 is 0 Å². The van der Waals surface area contributed by atoms with E-state index in [1.807, 2.05) is 58.0 Å². The molecule has 3 heterocycles. The summed E-state index contributed by atoms with van der Waals surface area (Å²) < 4.78 is 1.89. The fourth-order valence-electron chi connectivity index (χ4n) is 4.08. The van der Waals surface area contributed by atoms with Gasteiger partial charge in [-0.2, -0.15) is 0 Å². The number of anilines is 3. The molecule has 9 nitrogen and oxygen atoms in total. The maximum atomic E-state index is 12.5. The van der Waals surface area contributed by atoms with Gasteiger partial charge >= 0.3 is 0 Å². The highest BCUT2D eigenvalue weighted by atomic mass is 16.2. The lowest BCUT2D eigenvalue weighted by Gasteiger charge is -2.17. The Morgan fingerprint density at radius 2 is 1.83 bits per heavy atom. The van der Waals surface area contributed by atoms with Gasteiger partial charge < -0.3 is 20.9 Å². The van der Waals surface area contributed by atoms with Crippen molar-refractivity contribution in [1.82, 2.24) is 19.3 Å². The van der Waals surface area contributed by atoms with Crippen LogP contribution in [0.25, 0.3) is 16.8 Å². The summed E-state index contributed by atoms with van der Waals surface area (Å²) in [5.41, 5.74) is 9.69. The second-order valence-corrected chi connectivity index (χ2v) is 8.04. The van der Waals surface area contributed by atoms with Crippen molar-refractivity contribution in [1.29, 1.82) is 0 Å². The second-order valence-electron chi connectivity index (χ2n) is 8.04. The number of nitrogens with two attached hydrogens (primary N) is 1. The molecule has 2 aromatic heterocycles. The molecular formula is C26H23N7O2. The van der Waals surface area contributed by atoms with Crippen molar-refractivity contribution in [3.63, 3.8) is 0 Å². The Bertz CT molecular complexity index is 1470. The predicted molar refractivity (Wildman–Crippen MR) is 135 cm³/mol. The van der Waals surface area contributed by atoms with Crippen molar-refractivity contribution in [2.45, 2.75) is 6.92 Å². The molecule has 5 rings (SSSR count). The van der Waals surface area contributed by atoms with Crippen LogP contribution in [0.3, 0.4) is 0 Å². The average Bonchev–Trinajstić information content (AvgIpc) is 3.51. The maximum Gasteiger partial charge on any atom is 0.299 e. The first-order valence-electron chi connectivity index (χ1n) is 11.1. The van der Waals surface area contributed by atoms with Gasteiger partial charge in [0.25, 0.3) is 11.8 Å². The minimum atomic E-state index is -0.203. The number of amides is 2. The third-order valence-electron chi connectivity index (χ3n) is 5.80. The van der Waals surface area contributed by atoms with Crippen LogP contribution >= 0.6 is 0 Å². The lowest BCUT2D eigenvalue weighted by molar-refractivity contribution is -0.124. The molecule has 2 aromatic carbocycles. The monoisotopic (exact) mass is 465 g/mol. The van der Waals surface area contributed by atoms with Gasteiger partial charge in [0, 0.05) is 42.3 Å². The number of hydrogen-bond donors (Lipinski definition) is 2. The number of hydrogen-bond acceptors (Lipinski definition) is 6. The fourth-order valence-corrected chi connectivity index (χ4v) is 4.08. The summed E-state index contributed by atoms with van der Waals surface area (Å²) in [4.78, 5) is 37.5. The van der Waals surface area contributed by atoms with Gasteiger partial charge in [-0.15, -0.1) is 0 Å². The molecule has 0 spiro atoms. The zero-order chi connectivity index (χ0) is 24.4. The molecule has 2 amide bonds. The summed E-state index contributed by atoms with van der Waals surface area (Å²) in [6.07, 6.45) is 3.43. The molecule has 0 bridgehead atoms. The minimum Gasteiger partial charge on any atom is -0.382 e. The van der Waals surface area contributed by atoms with Crippen molar-refractivity contribution in [2.75, 3.05) is 35.7 Å². The number of nitrogen functional groups attached to an aromatic ring is 1. The standard InChI is InChI=1S/C26H23N7O2/c1-2-6-21(34)31-15-16-32(17-31)26-30-22(23-24(27)28-13-14-33(23)26)18-9-11-20(12-10-18)29-25(35)19-7-4-3-5-8-19/h3-5,7-14H,15-17H2,1H3,(H2,27,28)(H,29,35). The first-order chi connectivity index (χ1) is 17.0. The van der Waals surface area contributed by atoms with Crippen LogP contribution in [0, 0.1) is 11.8 Å².